The molecule has 1 N–H and O–H groups in total. The lowest BCUT2D eigenvalue weighted by atomic mass is 10.0. The molecular weight excluding hydrogens is 461 g/mol. The molecule has 0 spiro atoms. The second-order valence-electron chi connectivity index (χ2n) is 8.64. The fourth-order valence-corrected chi connectivity index (χ4v) is 4.67. The summed E-state index contributed by atoms with van der Waals surface area (Å²) >= 11 is 6.25. The summed E-state index contributed by atoms with van der Waals surface area (Å²) in [4.78, 5) is 29.3. The lowest BCUT2D eigenvalue weighted by molar-refractivity contribution is -0.125. The number of benzene rings is 2. The van der Waals surface area contributed by atoms with E-state index < -0.39 is 6.10 Å². The van der Waals surface area contributed by atoms with E-state index in [0.29, 0.717) is 22.0 Å². The molecule has 1 atom stereocenters. The number of rotatable bonds is 6. The largest absolute Gasteiger partial charge is 0.478 e. The fraction of sp³-hybridized carbons (Fsp3) is 0.440. The second-order valence-corrected chi connectivity index (χ2v) is 9.07. The van der Waals surface area contributed by atoms with Gasteiger partial charge in [0.2, 0.25) is 0 Å². The van der Waals surface area contributed by atoms with Crippen LogP contribution in [0.15, 0.2) is 42.5 Å². The van der Waals surface area contributed by atoms with Gasteiger partial charge in [0, 0.05) is 31.2 Å². The summed E-state index contributed by atoms with van der Waals surface area (Å²) in [6.45, 7) is 4.70. The molecule has 2 aliphatic rings. The molecule has 0 bridgehead atoms. The molecule has 2 aromatic rings. The minimum absolute atomic E-state index is 0. The van der Waals surface area contributed by atoms with Crippen molar-refractivity contribution in [2.45, 2.75) is 44.8 Å². The summed E-state index contributed by atoms with van der Waals surface area (Å²) in [5, 5.41) is 3.55. The van der Waals surface area contributed by atoms with Crippen LogP contribution in [0.4, 0.5) is 5.69 Å². The molecule has 6 nitrogen and oxygen atoms in total. The van der Waals surface area contributed by atoms with Gasteiger partial charge in [0.15, 0.2) is 11.9 Å². The van der Waals surface area contributed by atoms with Crippen LogP contribution in [-0.2, 0) is 11.2 Å². The standard InChI is InChI=1S/C25H30ClN3O3.ClH/c1-17-25(31)28(2)22-16-19(26)15-21(23(22)32-17)24(30)27-20-10-13-29(14-11-20)12-6-9-18-7-4-3-5-8-18;/h3-5,7-8,15-17,20H,6,9-14H2,1-2H3,(H,27,30);1H. The van der Waals surface area contributed by atoms with Crippen molar-refractivity contribution in [1.82, 2.24) is 10.2 Å². The van der Waals surface area contributed by atoms with E-state index in [2.05, 4.69) is 34.5 Å². The first kappa shape index (κ1) is 25.3. The molecule has 2 aliphatic heterocycles. The van der Waals surface area contributed by atoms with Crippen LogP contribution in [0.2, 0.25) is 5.02 Å². The first-order valence-electron chi connectivity index (χ1n) is 11.3. The van der Waals surface area contributed by atoms with Gasteiger partial charge in [-0.2, -0.15) is 0 Å². The molecule has 0 aromatic heterocycles. The molecule has 0 aliphatic carbocycles. The quantitative estimate of drug-likeness (QED) is 0.652. The van der Waals surface area contributed by atoms with E-state index in [0.717, 1.165) is 45.3 Å². The molecular formula is C25H31Cl2N3O3. The summed E-state index contributed by atoms with van der Waals surface area (Å²) in [7, 11) is 1.67. The zero-order valence-electron chi connectivity index (χ0n) is 19.1. The van der Waals surface area contributed by atoms with Gasteiger partial charge in [-0.15, -0.1) is 12.4 Å². The minimum Gasteiger partial charge on any atom is -0.478 e. The number of halogens is 2. The summed E-state index contributed by atoms with van der Waals surface area (Å²) in [6.07, 6.45) is 3.41. The highest BCUT2D eigenvalue weighted by molar-refractivity contribution is 6.31. The number of nitrogens with one attached hydrogen (secondary N) is 1. The van der Waals surface area contributed by atoms with Crippen LogP contribution >= 0.6 is 24.0 Å². The van der Waals surface area contributed by atoms with Crippen LogP contribution in [0.3, 0.4) is 0 Å². The molecule has 2 aromatic carbocycles. The van der Waals surface area contributed by atoms with Crippen LogP contribution in [0.1, 0.15) is 42.1 Å². The lowest BCUT2D eigenvalue weighted by Crippen LogP contribution is -2.46. The average molecular weight is 492 g/mol. The van der Waals surface area contributed by atoms with Crippen molar-refractivity contribution in [3.05, 3.63) is 58.6 Å². The molecule has 178 valence electrons. The van der Waals surface area contributed by atoms with Gasteiger partial charge in [0.25, 0.3) is 11.8 Å². The highest BCUT2D eigenvalue weighted by atomic mass is 35.5. The third-order valence-electron chi connectivity index (χ3n) is 6.32. The Morgan fingerprint density at radius 2 is 1.88 bits per heavy atom. The molecule has 2 heterocycles. The van der Waals surface area contributed by atoms with Crippen molar-refractivity contribution < 1.29 is 14.3 Å². The van der Waals surface area contributed by atoms with E-state index in [1.165, 1.54) is 10.5 Å². The van der Waals surface area contributed by atoms with Crippen LogP contribution in [0, 0.1) is 0 Å². The number of likely N-dealkylation sites (tertiary alicyclic amines) is 1. The molecule has 1 fully saturated rings. The van der Waals surface area contributed by atoms with E-state index in [-0.39, 0.29) is 30.3 Å². The maximum Gasteiger partial charge on any atom is 0.267 e. The number of amides is 2. The second kappa shape index (κ2) is 11.2. The minimum atomic E-state index is -0.639. The summed E-state index contributed by atoms with van der Waals surface area (Å²) < 4.78 is 5.79. The van der Waals surface area contributed by atoms with Crippen molar-refractivity contribution in [2.24, 2.45) is 0 Å². The number of carbonyl (C=O) groups is 2. The maximum absolute atomic E-state index is 13.1. The van der Waals surface area contributed by atoms with Crippen molar-refractivity contribution in [1.29, 1.82) is 0 Å². The van der Waals surface area contributed by atoms with E-state index in [1.54, 1.807) is 26.1 Å². The average Bonchev–Trinajstić information content (AvgIpc) is 2.79. The first-order valence-corrected chi connectivity index (χ1v) is 11.6. The SMILES string of the molecule is CC1Oc2c(C(=O)NC3CCN(CCCc4ccccc4)CC3)cc(Cl)cc2N(C)C1=O.Cl. The normalized spacial score (nSPS) is 18.8. The molecule has 0 saturated carbocycles. The van der Waals surface area contributed by atoms with Gasteiger partial charge in [-0.1, -0.05) is 41.9 Å². The Kier molecular flexibility index (Phi) is 8.63. The predicted octanol–water partition coefficient (Wildman–Crippen LogP) is 4.33. The highest BCUT2D eigenvalue weighted by Crippen LogP contribution is 2.39. The highest BCUT2D eigenvalue weighted by Gasteiger charge is 2.33. The van der Waals surface area contributed by atoms with Gasteiger partial charge < -0.3 is 19.9 Å². The van der Waals surface area contributed by atoms with E-state index in [1.807, 2.05) is 6.07 Å². The molecule has 0 radical (unpaired) electrons. The van der Waals surface area contributed by atoms with Crippen molar-refractivity contribution >= 4 is 41.5 Å². The van der Waals surface area contributed by atoms with Gasteiger partial charge in [0.05, 0.1) is 11.3 Å². The number of ether oxygens (including phenoxy) is 1. The van der Waals surface area contributed by atoms with Crippen LogP contribution in [0.25, 0.3) is 0 Å². The van der Waals surface area contributed by atoms with Crippen molar-refractivity contribution in [2.75, 3.05) is 31.6 Å². The van der Waals surface area contributed by atoms with Crippen molar-refractivity contribution in [3.63, 3.8) is 0 Å². The topological polar surface area (TPSA) is 61.9 Å². The number of nitrogens with zero attached hydrogens (tertiary/aromatic N) is 2. The summed E-state index contributed by atoms with van der Waals surface area (Å²) in [5.41, 5.74) is 2.28. The smallest absolute Gasteiger partial charge is 0.267 e. The van der Waals surface area contributed by atoms with Crippen LogP contribution < -0.4 is 15.0 Å². The Morgan fingerprint density at radius 1 is 1.18 bits per heavy atom. The van der Waals surface area contributed by atoms with Gasteiger partial charge >= 0.3 is 0 Å². The summed E-state index contributed by atoms with van der Waals surface area (Å²) in [5.74, 6) is 0.0480. The predicted molar refractivity (Wildman–Crippen MR) is 134 cm³/mol. The number of piperidine rings is 1. The number of anilines is 1. The van der Waals surface area contributed by atoms with Crippen LogP contribution in [0.5, 0.6) is 5.75 Å². The number of fused-ring (bicyclic) bond motifs is 1. The first-order chi connectivity index (χ1) is 15.4. The molecule has 2 amide bonds. The van der Waals surface area contributed by atoms with E-state index in [4.69, 9.17) is 16.3 Å². The van der Waals surface area contributed by atoms with Crippen molar-refractivity contribution in [3.8, 4) is 5.75 Å². The third kappa shape index (κ3) is 5.99. The molecule has 1 saturated heterocycles. The number of likely N-dealkylation sites (N-methyl/N-ethyl adjacent to an activating group) is 1. The number of aryl methyl sites for hydroxylation is 1. The molecule has 8 heteroatoms. The Morgan fingerprint density at radius 3 is 2.58 bits per heavy atom. The monoisotopic (exact) mass is 491 g/mol. The molecule has 1 unspecified atom stereocenters. The van der Waals surface area contributed by atoms with Gasteiger partial charge in [-0.25, -0.2) is 0 Å². The number of hydrogen-bond acceptors (Lipinski definition) is 4. The maximum atomic E-state index is 13.1. The Bertz CT molecular complexity index is 978. The third-order valence-corrected chi connectivity index (χ3v) is 6.54. The Labute approximate surface area is 206 Å². The molecule has 33 heavy (non-hydrogen) atoms. The zero-order chi connectivity index (χ0) is 22.7. The fourth-order valence-electron chi connectivity index (χ4n) is 4.46. The van der Waals surface area contributed by atoms with Crippen LogP contribution in [-0.4, -0.2) is 55.5 Å². The van der Waals surface area contributed by atoms with Gasteiger partial charge in [-0.3, -0.25) is 9.59 Å². The van der Waals surface area contributed by atoms with E-state index >= 15 is 0 Å². The van der Waals surface area contributed by atoms with E-state index in [9.17, 15) is 9.59 Å². The Hall–Kier alpha value is -2.28. The van der Waals surface area contributed by atoms with Gasteiger partial charge in [0.1, 0.15) is 0 Å². The lowest BCUT2D eigenvalue weighted by Gasteiger charge is -2.33. The molecule has 4 rings (SSSR count). The summed E-state index contributed by atoms with van der Waals surface area (Å²) in [6, 6.07) is 14.0. The number of carbonyl (C=O) groups excluding carboxylic acids is 2. The zero-order valence-corrected chi connectivity index (χ0v) is 20.6. The van der Waals surface area contributed by atoms with Gasteiger partial charge in [-0.05, 0) is 56.8 Å². The Balaban J connectivity index is 0.00000306. The number of hydrogen-bond donors (Lipinski definition) is 1.